The molecule has 0 aliphatic heterocycles. The van der Waals surface area contributed by atoms with Crippen LogP contribution in [-0.4, -0.2) is 44.0 Å². The van der Waals surface area contributed by atoms with Gasteiger partial charge in [-0.05, 0) is 31.0 Å². The zero-order valence-electron chi connectivity index (χ0n) is 13.1. The van der Waals surface area contributed by atoms with Crippen molar-refractivity contribution in [3.63, 3.8) is 0 Å². The normalized spacial score (nSPS) is 15.6. The number of carbonyl (C=O) groups is 2. The Morgan fingerprint density at radius 1 is 1.43 bits per heavy atom. The lowest BCUT2D eigenvalue weighted by molar-refractivity contribution is -0.141. The average molecular weight is 317 g/mol. The van der Waals surface area contributed by atoms with Crippen LogP contribution in [0, 0.1) is 5.92 Å². The Kier molecular flexibility index (Phi) is 3.71. The highest BCUT2D eigenvalue weighted by molar-refractivity contribution is 5.98. The summed E-state index contributed by atoms with van der Waals surface area (Å²) >= 11 is 0. The van der Waals surface area contributed by atoms with Gasteiger partial charge in [0, 0.05) is 25.2 Å². The lowest BCUT2D eigenvalue weighted by Gasteiger charge is -2.24. The summed E-state index contributed by atoms with van der Waals surface area (Å²) in [6.45, 7) is 1.80. The van der Waals surface area contributed by atoms with Gasteiger partial charge >= 0.3 is 11.7 Å². The van der Waals surface area contributed by atoms with Crippen LogP contribution in [0.1, 0.15) is 30.1 Å². The van der Waals surface area contributed by atoms with Crippen molar-refractivity contribution < 1.29 is 14.7 Å². The average Bonchev–Trinajstić information content (AvgIpc) is 3.31. The first-order valence-electron chi connectivity index (χ1n) is 7.61. The van der Waals surface area contributed by atoms with Gasteiger partial charge in [0.05, 0.1) is 17.0 Å². The predicted octanol–water partition coefficient (Wildman–Crippen LogP) is 1.19. The van der Waals surface area contributed by atoms with Gasteiger partial charge in [0.2, 0.25) is 0 Å². The highest BCUT2D eigenvalue weighted by Crippen LogP contribution is 2.29. The van der Waals surface area contributed by atoms with Crippen LogP contribution in [-0.2, 0) is 11.8 Å². The molecule has 0 radical (unpaired) electrons. The number of nitrogens with one attached hydrogen (secondary N) is 1. The predicted molar refractivity (Wildman–Crippen MR) is 84.4 cm³/mol. The Balaban J connectivity index is 1.92. The molecule has 1 aromatic carbocycles. The molecule has 0 saturated heterocycles. The van der Waals surface area contributed by atoms with Gasteiger partial charge in [0.25, 0.3) is 5.91 Å². The van der Waals surface area contributed by atoms with Gasteiger partial charge in [-0.1, -0.05) is 6.92 Å². The van der Waals surface area contributed by atoms with Crippen molar-refractivity contribution >= 4 is 22.9 Å². The molecule has 1 aromatic heterocycles. The standard InChI is InChI=1S/C16H19N3O4/c1-9(15(21)22)8-19(11-4-5-11)14(20)10-3-6-12-13(7-10)18(2)16(23)17-12/h3,6-7,9,11H,4-5,8H2,1-2H3,(H,17,23)(H,21,22). The third kappa shape index (κ3) is 2.86. The lowest BCUT2D eigenvalue weighted by atomic mass is 10.1. The van der Waals surface area contributed by atoms with E-state index in [2.05, 4.69) is 4.98 Å². The first kappa shape index (κ1) is 15.3. The number of amides is 1. The zero-order valence-corrected chi connectivity index (χ0v) is 13.1. The van der Waals surface area contributed by atoms with E-state index in [1.165, 1.54) is 4.57 Å². The monoisotopic (exact) mass is 317 g/mol. The van der Waals surface area contributed by atoms with Crippen molar-refractivity contribution in [3.05, 3.63) is 34.2 Å². The van der Waals surface area contributed by atoms with Crippen LogP contribution in [0.4, 0.5) is 0 Å². The van der Waals surface area contributed by atoms with E-state index in [0.717, 1.165) is 12.8 Å². The van der Waals surface area contributed by atoms with Crippen LogP contribution in [0.15, 0.2) is 23.0 Å². The third-order valence-electron chi connectivity index (χ3n) is 4.29. The topological polar surface area (TPSA) is 95.4 Å². The minimum absolute atomic E-state index is 0.120. The van der Waals surface area contributed by atoms with Crippen LogP contribution in [0.2, 0.25) is 0 Å². The van der Waals surface area contributed by atoms with Crippen molar-refractivity contribution in [1.82, 2.24) is 14.5 Å². The van der Waals surface area contributed by atoms with Crippen LogP contribution >= 0.6 is 0 Å². The Hall–Kier alpha value is -2.57. The van der Waals surface area contributed by atoms with E-state index in [1.54, 1.807) is 37.1 Å². The van der Waals surface area contributed by atoms with Crippen molar-refractivity contribution in [3.8, 4) is 0 Å². The number of rotatable bonds is 5. The number of aromatic nitrogens is 2. The Morgan fingerprint density at radius 3 is 2.74 bits per heavy atom. The maximum atomic E-state index is 12.8. The lowest BCUT2D eigenvalue weighted by Crippen LogP contribution is -2.38. The number of benzene rings is 1. The number of H-pyrrole nitrogens is 1. The number of aromatic amines is 1. The molecule has 2 N–H and O–H groups in total. The molecule has 0 bridgehead atoms. The molecule has 23 heavy (non-hydrogen) atoms. The maximum Gasteiger partial charge on any atom is 0.326 e. The van der Waals surface area contributed by atoms with E-state index in [-0.39, 0.29) is 24.2 Å². The van der Waals surface area contributed by atoms with E-state index in [0.29, 0.717) is 16.6 Å². The quantitative estimate of drug-likeness (QED) is 0.866. The second kappa shape index (κ2) is 5.57. The molecular formula is C16H19N3O4. The highest BCUT2D eigenvalue weighted by Gasteiger charge is 2.35. The van der Waals surface area contributed by atoms with Gasteiger partial charge in [-0.2, -0.15) is 0 Å². The van der Waals surface area contributed by atoms with Gasteiger partial charge in [-0.25, -0.2) is 4.79 Å². The molecule has 2 aromatic rings. The third-order valence-corrected chi connectivity index (χ3v) is 4.29. The summed E-state index contributed by atoms with van der Waals surface area (Å²) in [5, 5.41) is 9.09. The minimum atomic E-state index is -0.910. The Labute approximate surface area is 132 Å². The van der Waals surface area contributed by atoms with E-state index >= 15 is 0 Å². The van der Waals surface area contributed by atoms with Crippen LogP contribution in [0.25, 0.3) is 11.0 Å². The molecular weight excluding hydrogens is 298 g/mol. The first-order valence-corrected chi connectivity index (χ1v) is 7.61. The van der Waals surface area contributed by atoms with Gasteiger partial charge in [-0.15, -0.1) is 0 Å². The van der Waals surface area contributed by atoms with E-state index in [1.807, 2.05) is 0 Å². The number of aliphatic carboxylic acids is 1. The summed E-state index contributed by atoms with van der Waals surface area (Å²) in [6.07, 6.45) is 1.81. The number of carboxylic acids is 1. The molecule has 1 heterocycles. The molecule has 0 spiro atoms. The van der Waals surface area contributed by atoms with Gasteiger partial charge < -0.3 is 15.0 Å². The van der Waals surface area contributed by atoms with Gasteiger partial charge in [0.15, 0.2) is 0 Å². The summed E-state index contributed by atoms with van der Waals surface area (Å²) in [5.41, 5.74) is 1.56. The fourth-order valence-electron chi connectivity index (χ4n) is 2.68. The molecule has 1 fully saturated rings. The highest BCUT2D eigenvalue weighted by atomic mass is 16.4. The summed E-state index contributed by atoms with van der Waals surface area (Å²) in [5.74, 6) is -1.71. The number of carbonyl (C=O) groups excluding carboxylic acids is 1. The summed E-state index contributed by atoms with van der Waals surface area (Å²) in [7, 11) is 1.64. The van der Waals surface area contributed by atoms with Gasteiger partial charge in [-0.3, -0.25) is 14.2 Å². The number of nitrogens with zero attached hydrogens (tertiary/aromatic N) is 2. The first-order chi connectivity index (χ1) is 10.9. The number of carboxylic acid groups (broad SMARTS) is 1. The fraction of sp³-hybridized carbons (Fsp3) is 0.438. The largest absolute Gasteiger partial charge is 0.481 e. The fourth-order valence-corrected chi connectivity index (χ4v) is 2.68. The Morgan fingerprint density at radius 2 is 2.13 bits per heavy atom. The van der Waals surface area contributed by atoms with Crippen LogP contribution in [0.3, 0.4) is 0 Å². The molecule has 7 nitrogen and oxygen atoms in total. The molecule has 1 amide bonds. The number of imidazole rings is 1. The van der Waals surface area contributed by atoms with Crippen molar-refractivity contribution in [2.75, 3.05) is 6.54 Å². The molecule has 3 rings (SSSR count). The van der Waals surface area contributed by atoms with E-state index in [9.17, 15) is 14.4 Å². The Bertz CT molecular complexity index is 831. The summed E-state index contributed by atoms with van der Waals surface area (Å²) in [6, 6.07) is 5.17. The van der Waals surface area contributed by atoms with Crippen molar-refractivity contribution in [1.29, 1.82) is 0 Å². The maximum absolute atomic E-state index is 12.8. The van der Waals surface area contributed by atoms with E-state index < -0.39 is 11.9 Å². The zero-order chi connectivity index (χ0) is 16.7. The number of hydrogen-bond donors (Lipinski definition) is 2. The van der Waals surface area contributed by atoms with E-state index in [4.69, 9.17) is 5.11 Å². The molecule has 1 aliphatic rings. The minimum Gasteiger partial charge on any atom is -0.481 e. The molecule has 1 atom stereocenters. The van der Waals surface area contributed by atoms with Crippen LogP contribution < -0.4 is 5.69 Å². The molecule has 1 unspecified atom stereocenters. The number of hydrogen-bond acceptors (Lipinski definition) is 3. The van der Waals surface area contributed by atoms with Crippen molar-refractivity contribution in [2.45, 2.75) is 25.8 Å². The smallest absolute Gasteiger partial charge is 0.326 e. The van der Waals surface area contributed by atoms with Crippen LogP contribution in [0.5, 0.6) is 0 Å². The summed E-state index contributed by atoms with van der Waals surface area (Å²) in [4.78, 5) is 39.9. The van der Waals surface area contributed by atoms with Gasteiger partial charge in [0.1, 0.15) is 0 Å². The second-order valence-corrected chi connectivity index (χ2v) is 6.15. The number of aryl methyl sites for hydroxylation is 1. The molecule has 7 heteroatoms. The summed E-state index contributed by atoms with van der Waals surface area (Å²) < 4.78 is 1.45. The SMILES string of the molecule is CC(CN(C(=O)c1ccc2[nH]c(=O)n(C)c2c1)C1CC1)C(=O)O. The molecule has 122 valence electrons. The molecule has 1 saturated carbocycles. The number of fused-ring (bicyclic) bond motifs is 1. The van der Waals surface area contributed by atoms with Crippen molar-refractivity contribution in [2.24, 2.45) is 13.0 Å². The molecule has 1 aliphatic carbocycles. The second-order valence-electron chi connectivity index (χ2n) is 6.15.